The van der Waals surface area contributed by atoms with Crippen LogP contribution in [0.25, 0.3) is 0 Å². The van der Waals surface area contributed by atoms with Gasteiger partial charge < -0.3 is 15.1 Å². The molecule has 1 amide bonds. The summed E-state index contributed by atoms with van der Waals surface area (Å²) in [6.45, 7) is 4.67. The maximum absolute atomic E-state index is 13.2. The number of benzene rings is 1. The molecule has 0 unspecified atom stereocenters. The van der Waals surface area contributed by atoms with Gasteiger partial charge in [0.15, 0.2) is 5.96 Å². The third kappa shape index (κ3) is 4.81. The summed E-state index contributed by atoms with van der Waals surface area (Å²) in [7, 11) is 1.83. The van der Waals surface area contributed by atoms with Gasteiger partial charge >= 0.3 is 0 Å². The molecular weight excluding hydrogens is 383 g/mol. The van der Waals surface area contributed by atoms with Crippen LogP contribution in [0.1, 0.15) is 12.5 Å². The van der Waals surface area contributed by atoms with Gasteiger partial charge in [-0.1, -0.05) is 17.7 Å². The third-order valence-corrected chi connectivity index (χ3v) is 4.87. The normalized spacial score (nSPS) is 15.3. The van der Waals surface area contributed by atoms with E-state index in [0.29, 0.717) is 43.6 Å². The highest BCUT2D eigenvalue weighted by Gasteiger charge is 2.27. The van der Waals surface area contributed by atoms with Crippen LogP contribution in [0.3, 0.4) is 0 Å². The van der Waals surface area contributed by atoms with Crippen LogP contribution in [-0.4, -0.2) is 59.3 Å². The number of aryl methyl sites for hydroxylation is 1. The van der Waals surface area contributed by atoms with Crippen molar-refractivity contribution >= 4 is 29.2 Å². The molecule has 3 rings (SSSR count). The Kier molecular flexibility index (Phi) is 6.51. The van der Waals surface area contributed by atoms with Crippen LogP contribution in [-0.2, 0) is 18.3 Å². The Hall–Kier alpha value is -2.61. The van der Waals surface area contributed by atoms with E-state index in [-0.39, 0.29) is 18.3 Å². The summed E-state index contributed by atoms with van der Waals surface area (Å²) in [6.07, 6.45) is 4.12. The van der Waals surface area contributed by atoms with E-state index in [0.717, 1.165) is 11.3 Å². The minimum atomic E-state index is -0.351. The van der Waals surface area contributed by atoms with E-state index < -0.39 is 0 Å². The largest absolute Gasteiger partial charge is 0.357 e. The lowest BCUT2D eigenvalue weighted by Gasteiger charge is -2.35. The monoisotopic (exact) mass is 406 g/mol. The molecule has 0 atom stereocenters. The van der Waals surface area contributed by atoms with E-state index >= 15 is 0 Å². The Bertz CT molecular complexity index is 868. The van der Waals surface area contributed by atoms with Crippen molar-refractivity contribution in [2.24, 2.45) is 12.0 Å². The molecule has 2 aromatic rings. The maximum atomic E-state index is 13.2. The fourth-order valence-electron chi connectivity index (χ4n) is 3.11. The van der Waals surface area contributed by atoms with E-state index in [1.165, 1.54) is 12.1 Å². The summed E-state index contributed by atoms with van der Waals surface area (Å²) in [5.74, 6) is 0.349. The second-order valence-corrected chi connectivity index (χ2v) is 6.97. The average Bonchev–Trinajstić information content (AvgIpc) is 3.08. The number of rotatable bonds is 5. The number of piperazine rings is 1. The molecule has 1 aromatic heterocycles. The van der Waals surface area contributed by atoms with Crippen molar-refractivity contribution in [1.82, 2.24) is 20.0 Å². The molecule has 1 saturated heterocycles. The first-order valence-corrected chi connectivity index (χ1v) is 9.62. The molecule has 150 valence electrons. The lowest BCUT2D eigenvalue weighted by Crippen LogP contribution is -2.55. The predicted molar refractivity (Wildman–Crippen MR) is 108 cm³/mol. The van der Waals surface area contributed by atoms with Crippen molar-refractivity contribution < 1.29 is 9.18 Å². The Morgan fingerprint density at radius 1 is 1.39 bits per heavy atom. The van der Waals surface area contributed by atoms with Gasteiger partial charge in [0.25, 0.3) is 0 Å². The minimum absolute atomic E-state index is 0.00596. The standard InChI is InChI=1S/C19H24ClFN6O/c1-3-22-19(23-7-6-14-4-5-15(21)10-17(14)20)26-8-9-27(18(28)13-26)16-11-24-25(2)12-16/h4-5,10-12H,3,6-9,13H2,1-2H3,(H,22,23). The number of aromatic nitrogens is 2. The number of carbonyl (C=O) groups excluding carboxylic acids is 1. The number of halogens is 2. The minimum Gasteiger partial charge on any atom is -0.357 e. The van der Waals surface area contributed by atoms with Crippen LogP contribution in [0.15, 0.2) is 35.6 Å². The van der Waals surface area contributed by atoms with Crippen molar-refractivity contribution in [2.45, 2.75) is 13.3 Å². The number of aliphatic imine (C=N–C) groups is 1. The Labute approximate surface area is 168 Å². The van der Waals surface area contributed by atoms with E-state index in [1.807, 2.05) is 25.1 Å². The van der Waals surface area contributed by atoms with Crippen molar-refractivity contribution in [3.63, 3.8) is 0 Å². The second kappa shape index (κ2) is 9.05. The van der Waals surface area contributed by atoms with Gasteiger partial charge in [-0.2, -0.15) is 5.10 Å². The SMILES string of the molecule is CCNC(=NCCc1ccc(F)cc1Cl)N1CCN(c2cnn(C)c2)C(=O)C1. The molecule has 2 heterocycles. The van der Waals surface area contributed by atoms with Crippen LogP contribution < -0.4 is 10.2 Å². The number of nitrogens with zero attached hydrogens (tertiary/aromatic N) is 5. The molecular formula is C19H24ClFN6O. The fourth-order valence-corrected chi connectivity index (χ4v) is 3.37. The van der Waals surface area contributed by atoms with Crippen molar-refractivity contribution in [1.29, 1.82) is 0 Å². The van der Waals surface area contributed by atoms with Crippen molar-refractivity contribution in [2.75, 3.05) is 37.6 Å². The summed E-state index contributed by atoms with van der Waals surface area (Å²) in [4.78, 5) is 20.9. The summed E-state index contributed by atoms with van der Waals surface area (Å²) in [5.41, 5.74) is 1.65. The van der Waals surface area contributed by atoms with Gasteiger partial charge in [-0.3, -0.25) is 14.5 Å². The Morgan fingerprint density at radius 2 is 2.21 bits per heavy atom. The number of carbonyl (C=O) groups is 1. The molecule has 0 saturated carbocycles. The van der Waals surface area contributed by atoms with Crippen molar-refractivity contribution in [3.8, 4) is 0 Å². The average molecular weight is 407 g/mol. The third-order valence-electron chi connectivity index (χ3n) is 4.52. The lowest BCUT2D eigenvalue weighted by atomic mass is 10.1. The van der Waals surface area contributed by atoms with Crippen molar-refractivity contribution in [3.05, 3.63) is 47.0 Å². The Balaban J connectivity index is 1.63. The number of hydrogen-bond acceptors (Lipinski definition) is 3. The first-order valence-electron chi connectivity index (χ1n) is 9.24. The molecule has 9 heteroatoms. The molecule has 1 N–H and O–H groups in total. The quantitative estimate of drug-likeness (QED) is 0.609. The molecule has 1 aliphatic rings. The van der Waals surface area contributed by atoms with Crippen LogP contribution in [0.5, 0.6) is 0 Å². The molecule has 28 heavy (non-hydrogen) atoms. The number of amides is 1. The molecule has 1 fully saturated rings. The molecule has 7 nitrogen and oxygen atoms in total. The van der Waals surface area contributed by atoms with Gasteiger partial charge in [0.05, 0.1) is 11.9 Å². The van der Waals surface area contributed by atoms with Crippen LogP contribution in [0.2, 0.25) is 5.02 Å². The molecule has 1 aromatic carbocycles. The van der Waals surface area contributed by atoms with Gasteiger partial charge in [-0.05, 0) is 31.0 Å². The fraction of sp³-hybridized carbons (Fsp3) is 0.421. The van der Waals surface area contributed by atoms with E-state index in [2.05, 4.69) is 15.4 Å². The zero-order valence-corrected chi connectivity index (χ0v) is 16.8. The number of anilines is 1. The van der Waals surface area contributed by atoms with Gasteiger partial charge in [-0.25, -0.2) is 4.39 Å². The first-order chi connectivity index (χ1) is 13.5. The number of guanidine groups is 1. The highest BCUT2D eigenvalue weighted by atomic mass is 35.5. The summed E-state index contributed by atoms with van der Waals surface area (Å²) in [5, 5.41) is 7.77. The summed E-state index contributed by atoms with van der Waals surface area (Å²) >= 11 is 6.08. The number of nitrogens with one attached hydrogen (secondary N) is 1. The molecule has 0 spiro atoms. The maximum Gasteiger partial charge on any atom is 0.246 e. The van der Waals surface area contributed by atoms with Gasteiger partial charge in [0.2, 0.25) is 5.91 Å². The van der Waals surface area contributed by atoms with E-state index in [9.17, 15) is 9.18 Å². The Morgan fingerprint density at radius 3 is 2.86 bits per heavy atom. The van der Waals surface area contributed by atoms with Crippen LogP contribution in [0, 0.1) is 5.82 Å². The molecule has 0 bridgehead atoms. The van der Waals surface area contributed by atoms with Crippen LogP contribution >= 0.6 is 11.6 Å². The topological polar surface area (TPSA) is 65.8 Å². The lowest BCUT2D eigenvalue weighted by molar-refractivity contribution is -0.120. The zero-order chi connectivity index (χ0) is 20.1. The molecule has 1 aliphatic heterocycles. The van der Waals surface area contributed by atoms with E-state index in [4.69, 9.17) is 11.6 Å². The van der Waals surface area contributed by atoms with Gasteiger partial charge in [-0.15, -0.1) is 0 Å². The van der Waals surface area contributed by atoms with Crippen LogP contribution in [0.4, 0.5) is 10.1 Å². The second-order valence-electron chi connectivity index (χ2n) is 6.56. The molecule has 0 aliphatic carbocycles. The highest BCUT2D eigenvalue weighted by molar-refractivity contribution is 6.31. The van der Waals surface area contributed by atoms with Gasteiger partial charge in [0, 0.05) is 44.4 Å². The molecule has 0 radical (unpaired) electrons. The zero-order valence-electron chi connectivity index (χ0n) is 16.0. The predicted octanol–water partition coefficient (Wildman–Crippen LogP) is 2.07. The highest BCUT2D eigenvalue weighted by Crippen LogP contribution is 2.18. The van der Waals surface area contributed by atoms with Gasteiger partial charge in [0.1, 0.15) is 12.4 Å². The van der Waals surface area contributed by atoms with E-state index in [1.54, 1.807) is 21.8 Å². The number of hydrogen-bond donors (Lipinski definition) is 1. The summed E-state index contributed by atoms with van der Waals surface area (Å²) in [6, 6.07) is 4.38. The summed E-state index contributed by atoms with van der Waals surface area (Å²) < 4.78 is 14.8. The smallest absolute Gasteiger partial charge is 0.246 e. The first kappa shape index (κ1) is 20.1.